The van der Waals surface area contributed by atoms with Crippen LogP contribution in [0.25, 0.3) is 0 Å². The summed E-state index contributed by atoms with van der Waals surface area (Å²) in [5.74, 6) is 1.24. The number of amides is 2. The van der Waals surface area contributed by atoms with E-state index in [1.165, 1.54) is 34.4 Å². The number of hydrogen-bond donors (Lipinski definition) is 2. The highest BCUT2D eigenvalue weighted by Gasteiger charge is 2.13. The Morgan fingerprint density at radius 2 is 1.58 bits per heavy atom. The van der Waals surface area contributed by atoms with Gasteiger partial charge in [-0.2, -0.15) is 0 Å². The molecule has 2 amide bonds. The molecule has 3 rings (SSSR count). The van der Waals surface area contributed by atoms with E-state index in [0.29, 0.717) is 25.9 Å². The van der Waals surface area contributed by atoms with Gasteiger partial charge in [-0.3, -0.25) is 20.2 Å². The molecule has 13 heteroatoms. The van der Waals surface area contributed by atoms with Gasteiger partial charge in [-0.05, 0) is 43.9 Å². The van der Waals surface area contributed by atoms with E-state index in [9.17, 15) is 9.59 Å². The van der Waals surface area contributed by atoms with Crippen LogP contribution in [-0.2, 0) is 4.79 Å². The lowest BCUT2D eigenvalue weighted by atomic mass is 10.2. The molecule has 2 heterocycles. The predicted octanol–water partition coefficient (Wildman–Crippen LogP) is 4.27. The summed E-state index contributed by atoms with van der Waals surface area (Å²) in [6.45, 7) is 5.90. The van der Waals surface area contributed by atoms with Crippen LogP contribution in [0.5, 0.6) is 5.75 Å². The Labute approximate surface area is 195 Å². The van der Waals surface area contributed by atoms with Crippen molar-refractivity contribution in [3.63, 3.8) is 0 Å². The van der Waals surface area contributed by atoms with Crippen molar-refractivity contribution in [2.24, 2.45) is 0 Å². The molecular weight excluding hydrogens is 477 g/mol. The zero-order chi connectivity index (χ0) is 22.2. The third kappa shape index (κ3) is 7.45. The number of aromatic nitrogens is 4. The first kappa shape index (κ1) is 23.4. The Morgan fingerprint density at radius 3 is 2.19 bits per heavy atom. The quantitative estimate of drug-likeness (QED) is 0.313. The molecule has 0 aliphatic rings. The van der Waals surface area contributed by atoms with Crippen molar-refractivity contribution in [2.45, 2.75) is 35.6 Å². The number of nitrogens with zero attached hydrogens (tertiary/aromatic N) is 4. The minimum absolute atomic E-state index is 0.0647. The number of ether oxygens (including phenoxy) is 1. The maximum absolute atomic E-state index is 12.4. The second kappa shape index (κ2) is 11.4. The lowest BCUT2D eigenvalue weighted by molar-refractivity contribution is -0.113. The van der Waals surface area contributed by atoms with Crippen molar-refractivity contribution in [1.29, 1.82) is 0 Å². The first-order valence-corrected chi connectivity index (χ1v) is 12.8. The molecular formula is C18H20N6O3S4. The Hall–Kier alpha value is -2.22. The summed E-state index contributed by atoms with van der Waals surface area (Å²) in [6, 6.07) is 6.87. The van der Waals surface area contributed by atoms with Gasteiger partial charge >= 0.3 is 0 Å². The second-order valence-corrected chi connectivity index (χ2v) is 10.8. The molecule has 0 saturated heterocycles. The number of hydrogen-bond acceptors (Lipinski definition) is 11. The van der Waals surface area contributed by atoms with Gasteiger partial charge in [0.2, 0.25) is 16.2 Å². The number of carbonyl (C=O) groups is 2. The van der Waals surface area contributed by atoms with Crippen LogP contribution in [0.15, 0.2) is 32.9 Å². The summed E-state index contributed by atoms with van der Waals surface area (Å²) in [5.41, 5.74) is 0.484. The van der Waals surface area contributed by atoms with Crippen LogP contribution in [0.1, 0.15) is 31.1 Å². The predicted molar refractivity (Wildman–Crippen MR) is 126 cm³/mol. The van der Waals surface area contributed by atoms with E-state index in [1.54, 1.807) is 36.0 Å². The van der Waals surface area contributed by atoms with Gasteiger partial charge in [0.1, 0.15) is 5.75 Å². The van der Waals surface area contributed by atoms with Crippen LogP contribution in [0, 0.1) is 0 Å². The fraction of sp³-hybridized carbons (Fsp3) is 0.333. The minimum atomic E-state index is -0.293. The van der Waals surface area contributed by atoms with E-state index in [0.717, 1.165) is 10.1 Å². The topological polar surface area (TPSA) is 119 Å². The third-order valence-corrected chi connectivity index (χ3v) is 7.19. The van der Waals surface area contributed by atoms with Crippen LogP contribution in [0.3, 0.4) is 0 Å². The number of anilines is 2. The van der Waals surface area contributed by atoms with Crippen LogP contribution in [0.2, 0.25) is 0 Å². The van der Waals surface area contributed by atoms with Gasteiger partial charge in [-0.1, -0.05) is 53.1 Å². The first-order valence-electron chi connectivity index (χ1n) is 9.23. The molecule has 3 aromatic rings. The molecule has 31 heavy (non-hydrogen) atoms. The summed E-state index contributed by atoms with van der Waals surface area (Å²) >= 11 is 5.35. The fourth-order valence-corrected chi connectivity index (χ4v) is 5.38. The SMILES string of the molecule is CCSc1nnc(NC(=O)CSc2nnc(NC(=O)c3ccc(OC(C)C)cc3)s2)s1. The molecule has 1 aromatic carbocycles. The molecule has 0 unspecified atom stereocenters. The Kier molecular flexibility index (Phi) is 8.63. The molecule has 0 atom stereocenters. The second-order valence-electron chi connectivity index (χ2n) is 6.16. The average molecular weight is 497 g/mol. The molecule has 164 valence electrons. The number of thioether (sulfide) groups is 2. The fourth-order valence-electron chi connectivity index (χ4n) is 2.17. The van der Waals surface area contributed by atoms with E-state index in [1.807, 2.05) is 20.8 Å². The summed E-state index contributed by atoms with van der Waals surface area (Å²) < 4.78 is 6.96. The van der Waals surface area contributed by atoms with E-state index < -0.39 is 0 Å². The zero-order valence-electron chi connectivity index (χ0n) is 16.9. The Balaban J connectivity index is 1.47. The van der Waals surface area contributed by atoms with Crippen LogP contribution >= 0.6 is 46.2 Å². The van der Waals surface area contributed by atoms with Crippen molar-refractivity contribution < 1.29 is 14.3 Å². The number of rotatable bonds is 10. The van der Waals surface area contributed by atoms with Crippen LogP contribution < -0.4 is 15.4 Å². The lowest BCUT2D eigenvalue weighted by Crippen LogP contribution is -2.13. The molecule has 0 aliphatic carbocycles. The molecule has 2 aromatic heterocycles. The van der Waals surface area contributed by atoms with E-state index in [2.05, 4.69) is 31.0 Å². The van der Waals surface area contributed by atoms with Gasteiger partial charge in [0.05, 0.1) is 11.9 Å². The lowest BCUT2D eigenvalue weighted by Gasteiger charge is -2.09. The highest BCUT2D eigenvalue weighted by Crippen LogP contribution is 2.27. The number of nitrogens with one attached hydrogen (secondary N) is 2. The molecule has 0 radical (unpaired) electrons. The van der Waals surface area contributed by atoms with Crippen molar-refractivity contribution in [1.82, 2.24) is 20.4 Å². The molecule has 0 fully saturated rings. The smallest absolute Gasteiger partial charge is 0.257 e. The normalized spacial score (nSPS) is 10.8. The van der Waals surface area contributed by atoms with Crippen molar-refractivity contribution in [2.75, 3.05) is 22.1 Å². The molecule has 0 spiro atoms. The van der Waals surface area contributed by atoms with Gasteiger partial charge in [0.15, 0.2) is 8.68 Å². The van der Waals surface area contributed by atoms with Crippen LogP contribution in [-0.4, -0.2) is 49.8 Å². The van der Waals surface area contributed by atoms with Crippen molar-refractivity contribution in [3.8, 4) is 5.75 Å². The monoisotopic (exact) mass is 496 g/mol. The highest BCUT2D eigenvalue weighted by atomic mass is 32.2. The molecule has 0 saturated carbocycles. The molecule has 9 nitrogen and oxygen atoms in total. The summed E-state index contributed by atoms with van der Waals surface area (Å²) in [7, 11) is 0. The van der Waals surface area contributed by atoms with Crippen molar-refractivity contribution >= 4 is 68.3 Å². The average Bonchev–Trinajstić information content (AvgIpc) is 3.36. The Morgan fingerprint density at radius 1 is 0.968 bits per heavy atom. The Bertz CT molecular complexity index is 1020. The summed E-state index contributed by atoms with van der Waals surface area (Å²) in [4.78, 5) is 24.5. The maximum Gasteiger partial charge on any atom is 0.257 e. The summed E-state index contributed by atoms with van der Waals surface area (Å²) in [6.07, 6.45) is 0.0647. The van der Waals surface area contributed by atoms with E-state index in [-0.39, 0.29) is 23.7 Å². The summed E-state index contributed by atoms with van der Waals surface area (Å²) in [5, 5.41) is 22.2. The minimum Gasteiger partial charge on any atom is -0.491 e. The van der Waals surface area contributed by atoms with Crippen molar-refractivity contribution in [3.05, 3.63) is 29.8 Å². The third-order valence-electron chi connectivity index (χ3n) is 3.36. The molecule has 0 aliphatic heterocycles. The largest absolute Gasteiger partial charge is 0.491 e. The van der Waals surface area contributed by atoms with E-state index in [4.69, 9.17) is 4.74 Å². The molecule has 0 bridgehead atoms. The zero-order valence-corrected chi connectivity index (χ0v) is 20.2. The van der Waals surface area contributed by atoms with Gasteiger partial charge in [0.25, 0.3) is 5.91 Å². The number of carbonyl (C=O) groups excluding carboxylic acids is 2. The standard InChI is InChI=1S/C18H20N6O3S4/c1-4-28-17-23-21-15(30-17)19-13(25)9-29-18-24-22-16(31-18)20-14(26)11-5-7-12(8-6-11)27-10(2)3/h5-8,10H,4,9H2,1-3H3,(H,19,21,25)(H,20,22,26). The highest BCUT2D eigenvalue weighted by molar-refractivity contribution is 8.01. The first-order chi connectivity index (χ1) is 14.9. The van der Waals surface area contributed by atoms with Gasteiger partial charge < -0.3 is 4.74 Å². The van der Waals surface area contributed by atoms with Gasteiger partial charge in [-0.25, -0.2) is 0 Å². The van der Waals surface area contributed by atoms with Gasteiger partial charge in [0, 0.05) is 5.56 Å². The van der Waals surface area contributed by atoms with E-state index >= 15 is 0 Å². The van der Waals surface area contributed by atoms with Crippen LogP contribution in [0.4, 0.5) is 10.3 Å². The van der Waals surface area contributed by atoms with Gasteiger partial charge in [-0.15, -0.1) is 20.4 Å². The maximum atomic E-state index is 12.4. The molecule has 2 N–H and O–H groups in total. The number of benzene rings is 1.